The Bertz CT molecular complexity index is 917. The van der Waals surface area contributed by atoms with Gasteiger partial charge in [0.05, 0.1) is 18.8 Å². The van der Waals surface area contributed by atoms with Crippen molar-refractivity contribution >= 4 is 5.91 Å². The number of aliphatic hydroxyl groups is 2. The average Bonchev–Trinajstić information content (AvgIpc) is 3.03. The molecule has 2 atom stereocenters. The third-order valence-corrected chi connectivity index (χ3v) is 6.72. The van der Waals surface area contributed by atoms with Gasteiger partial charge in [0.1, 0.15) is 0 Å². The number of carbonyl (C=O) groups excluding carboxylic acids is 1. The van der Waals surface area contributed by atoms with E-state index < -0.39 is 12.1 Å². The van der Waals surface area contributed by atoms with E-state index in [1.54, 1.807) is 6.08 Å². The van der Waals surface area contributed by atoms with E-state index in [9.17, 15) is 15.0 Å². The van der Waals surface area contributed by atoms with Gasteiger partial charge in [0, 0.05) is 6.42 Å². The van der Waals surface area contributed by atoms with Crippen LogP contribution in [-0.2, 0) is 4.79 Å². The molecule has 1 amide bonds. The summed E-state index contributed by atoms with van der Waals surface area (Å²) in [6.07, 6.45) is 53.3. The molecule has 0 saturated heterocycles. The maximum Gasteiger partial charge on any atom is 0.220 e. The van der Waals surface area contributed by atoms with Gasteiger partial charge in [-0.25, -0.2) is 0 Å². The summed E-state index contributed by atoms with van der Waals surface area (Å²) in [6.45, 7) is 4.02. The van der Waals surface area contributed by atoms with Crippen LogP contribution in [0.2, 0.25) is 0 Å². The summed E-state index contributed by atoms with van der Waals surface area (Å²) in [5.74, 6) is -0.118. The second kappa shape index (κ2) is 34.5. The highest BCUT2D eigenvalue weighted by Gasteiger charge is 2.17. The number of aliphatic hydroxyl groups excluding tert-OH is 2. The topological polar surface area (TPSA) is 69.6 Å². The third-order valence-electron chi connectivity index (χ3n) is 6.72. The van der Waals surface area contributed by atoms with Crippen LogP contribution < -0.4 is 5.32 Å². The Labute approximate surface area is 270 Å². The van der Waals surface area contributed by atoms with Gasteiger partial charge in [0.25, 0.3) is 0 Å². The normalized spacial score (nSPS) is 14.5. The molecule has 0 aliphatic carbocycles. The molecular formula is C40H63NO3. The van der Waals surface area contributed by atoms with Crippen molar-refractivity contribution in [2.45, 2.75) is 129 Å². The standard InChI is InChI=1S/C40H63NO3/c1-3-5-7-9-11-12-13-14-15-16-17-18-19-20-21-22-23-24-25-26-27-28-30-32-34-36-40(44)41-38(37-42)39(43)35-33-31-29-10-8-6-4-2/h5,7-8,10-12,14-15,17-18,20-21,23-24,26-27,33,35,38-39,42-43H,3-4,6,9,13,16,19,22,25,28-32,34,36-37H2,1-2H3,(H,41,44)/b7-5-,10-8+,12-11-,15-14-,18-17-,21-20-,24-23-,27-26-,35-33+. The number of carbonyl (C=O) groups is 1. The number of allylic oxidation sites excluding steroid dienone is 17. The molecule has 4 nitrogen and oxygen atoms in total. The Balaban J connectivity index is 3.78. The first-order valence-corrected chi connectivity index (χ1v) is 17.1. The predicted octanol–water partition coefficient (Wildman–Crippen LogP) is 10.1. The van der Waals surface area contributed by atoms with E-state index in [0.717, 1.165) is 96.3 Å². The maximum absolute atomic E-state index is 12.2. The molecule has 0 bridgehead atoms. The summed E-state index contributed by atoms with van der Waals surface area (Å²) in [5, 5.41) is 22.6. The lowest BCUT2D eigenvalue weighted by Crippen LogP contribution is -2.45. The molecule has 0 fully saturated rings. The highest BCUT2D eigenvalue weighted by atomic mass is 16.3. The fourth-order valence-electron chi connectivity index (χ4n) is 4.12. The lowest BCUT2D eigenvalue weighted by atomic mass is 10.1. The fourth-order valence-corrected chi connectivity index (χ4v) is 4.12. The molecule has 0 aliphatic rings. The number of amides is 1. The number of hydrogen-bond acceptors (Lipinski definition) is 3. The van der Waals surface area contributed by atoms with Gasteiger partial charge in [-0.05, 0) is 83.5 Å². The van der Waals surface area contributed by atoms with Gasteiger partial charge in [-0.15, -0.1) is 0 Å². The molecule has 246 valence electrons. The molecule has 0 aliphatic heterocycles. The fraction of sp³-hybridized carbons (Fsp3) is 0.525. The number of unbranched alkanes of at least 4 members (excludes halogenated alkanes) is 5. The molecule has 3 N–H and O–H groups in total. The van der Waals surface area contributed by atoms with Gasteiger partial charge in [-0.3, -0.25) is 4.79 Å². The highest BCUT2D eigenvalue weighted by molar-refractivity contribution is 5.76. The van der Waals surface area contributed by atoms with Crippen molar-refractivity contribution < 1.29 is 15.0 Å². The van der Waals surface area contributed by atoms with Crippen LogP contribution in [0.25, 0.3) is 0 Å². The SMILES string of the molecule is CC/C=C\C/C=C\C/C=C\C/C=C\C/C=C\C/C=C\C/C=C\CCCCCC(=O)NC(CO)C(O)/C=C/CC/C=C/CCC. The minimum absolute atomic E-state index is 0.118. The Morgan fingerprint density at radius 2 is 1.02 bits per heavy atom. The Hall–Kier alpha value is -2.95. The number of hydrogen-bond donors (Lipinski definition) is 3. The van der Waals surface area contributed by atoms with Gasteiger partial charge in [-0.1, -0.05) is 136 Å². The summed E-state index contributed by atoms with van der Waals surface area (Å²) in [5.41, 5.74) is 0. The molecule has 0 aromatic rings. The summed E-state index contributed by atoms with van der Waals surface area (Å²) >= 11 is 0. The molecule has 2 unspecified atom stereocenters. The van der Waals surface area contributed by atoms with E-state index >= 15 is 0 Å². The van der Waals surface area contributed by atoms with Gasteiger partial charge >= 0.3 is 0 Å². The van der Waals surface area contributed by atoms with Crippen molar-refractivity contribution in [3.63, 3.8) is 0 Å². The molecule has 0 radical (unpaired) electrons. The van der Waals surface area contributed by atoms with Crippen LogP contribution in [0, 0.1) is 0 Å². The molecule has 44 heavy (non-hydrogen) atoms. The first-order valence-electron chi connectivity index (χ1n) is 17.1. The van der Waals surface area contributed by atoms with Crippen molar-refractivity contribution in [3.8, 4) is 0 Å². The van der Waals surface area contributed by atoms with E-state index in [1.165, 1.54) is 0 Å². The largest absolute Gasteiger partial charge is 0.394 e. The van der Waals surface area contributed by atoms with Crippen LogP contribution in [0.3, 0.4) is 0 Å². The maximum atomic E-state index is 12.2. The van der Waals surface area contributed by atoms with Crippen LogP contribution in [0.1, 0.15) is 117 Å². The quantitative estimate of drug-likeness (QED) is 0.0614. The molecule has 0 spiro atoms. The van der Waals surface area contributed by atoms with Crippen molar-refractivity contribution in [2.75, 3.05) is 6.61 Å². The molecular weight excluding hydrogens is 542 g/mol. The van der Waals surface area contributed by atoms with Gasteiger partial charge in [0.2, 0.25) is 5.91 Å². The lowest BCUT2D eigenvalue weighted by Gasteiger charge is -2.19. The van der Waals surface area contributed by atoms with Crippen LogP contribution in [-0.4, -0.2) is 34.9 Å². The Morgan fingerprint density at radius 1 is 0.568 bits per heavy atom. The zero-order chi connectivity index (χ0) is 32.2. The summed E-state index contributed by atoms with van der Waals surface area (Å²) in [7, 11) is 0. The van der Waals surface area contributed by atoms with Crippen molar-refractivity contribution in [3.05, 3.63) is 109 Å². The van der Waals surface area contributed by atoms with Crippen molar-refractivity contribution in [1.82, 2.24) is 5.32 Å². The Kier molecular flexibility index (Phi) is 32.2. The lowest BCUT2D eigenvalue weighted by molar-refractivity contribution is -0.123. The molecule has 0 saturated carbocycles. The van der Waals surface area contributed by atoms with E-state index in [1.807, 2.05) is 6.08 Å². The first-order chi connectivity index (χ1) is 21.7. The Morgan fingerprint density at radius 3 is 1.52 bits per heavy atom. The second-order valence-corrected chi connectivity index (χ2v) is 10.8. The average molecular weight is 606 g/mol. The zero-order valence-electron chi connectivity index (χ0n) is 27.9. The molecule has 4 heteroatoms. The summed E-state index contributed by atoms with van der Waals surface area (Å²) < 4.78 is 0. The van der Waals surface area contributed by atoms with Gasteiger partial charge < -0.3 is 15.5 Å². The zero-order valence-corrected chi connectivity index (χ0v) is 27.9. The minimum atomic E-state index is -0.880. The van der Waals surface area contributed by atoms with Gasteiger partial charge in [0.15, 0.2) is 0 Å². The molecule has 0 aromatic carbocycles. The van der Waals surface area contributed by atoms with Crippen LogP contribution >= 0.6 is 0 Å². The molecule has 0 aromatic heterocycles. The predicted molar refractivity (Wildman–Crippen MR) is 193 cm³/mol. The second-order valence-electron chi connectivity index (χ2n) is 10.8. The van der Waals surface area contributed by atoms with Crippen molar-refractivity contribution in [2.24, 2.45) is 0 Å². The molecule has 0 heterocycles. The first kappa shape index (κ1) is 41.0. The van der Waals surface area contributed by atoms with Crippen molar-refractivity contribution in [1.29, 1.82) is 0 Å². The van der Waals surface area contributed by atoms with E-state index in [4.69, 9.17) is 0 Å². The minimum Gasteiger partial charge on any atom is -0.394 e. The smallest absolute Gasteiger partial charge is 0.220 e. The highest BCUT2D eigenvalue weighted by Crippen LogP contribution is 2.06. The third kappa shape index (κ3) is 30.5. The number of nitrogens with one attached hydrogen (secondary N) is 1. The molecule has 0 rings (SSSR count). The number of rotatable bonds is 28. The van der Waals surface area contributed by atoms with E-state index in [2.05, 4.69) is 116 Å². The van der Waals surface area contributed by atoms with Crippen LogP contribution in [0.4, 0.5) is 0 Å². The van der Waals surface area contributed by atoms with E-state index in [-0.39, 0.29) is 12.5 Å². The summed E-state index contributed by atoms with van der Waals surface area (Å²) in [4.78, 5) is 12.2. The summed E-state index contributed by atoms with van der Waals surface area (Å²) in [6, 6.07) is -0.661. The van der Waals surface area contributed by atoms with Crippen LogP contribution in [0.15, 0.2) is 109 Å². The van der Waals surface area contributed by atoms with Crippen LogP contribution in [0.5, 0.6) is 0 Å². The van der Waals surface area contributed by atoms with E-state index in [0.29, 0.717) is 6.42 Å². The van der Waals surface area contributed by atoms with Gasteiger partial charge in [-0.2, -0.15) is 0 Å². The monoisotopic (exact) mass is 605 g/mol.